The van der Waals surface area contributed by atoms with Crippen LogP contribution in [0.15, 0.2) is 23.8 Å². The third kappa shape index (κ3) is 2.02. The Labute approximate surface area is 63.6 Å². The van der Waals surface area contributed by atoms with Gasteiger partial charge in [0.25, 0.3) is 0 Å². The van der Waals surface area contributed by atoms with Crippen LogP contribution in [0.2, 0.25) is 0 Å². The van der Waals surface area contributed by atoms with Crippen LogP contribution in [-0.2, 0) is 0 Å². The third-order valence-corrected chi connectivity index (χ3v) is 2.03. The van der Waals surface area contributed by atoms with Gasteiger partial charge in [-0.15, -0.1) is 0 Å². The molecule has 0 aliphatic heterocycles. The Morgan fingerprint density at radius 2 is 2.20 bits per heavy atom. The molecule has 0 aromatic heterocycles. The summed E-state index contributed by atoms with van der Waals surface area (Å²) >= 11 is 0. The fourth-order valence-corrected chi connectivity index (χ4v) is 1.33. The van der Waals surface area contributed by atoms with Gasteiger partial charge in [-0.3, -0.25) is 0 Å². The molecule has 0 N–H and O–H groups in total. The first-order valence-corrected chi connectivity index (χ1v) is 4.14. The minimum absolute atomic E-state index is 0.857. The molecule has 0 saturated heterocycles. The van der Waals surface area contributed by atoms with Gasteiger partial charge in [0.2, 0.25) is 0 Å². The summed E-state index contributed by atoms with van der Waals surface area (Å²) in [6, 6.07) is 0. The SMILES string of the molecule is C=C1C=C1CC(C)CCC. The zero-order valence-corrected chi connectivity index (χ0v) is 6.98. The van der Waals surface area contributed by atoms with Gasteiger partial charge in [0, 0.05) is 0 Å². The Morgan fingerprint density at radius 1 is 1.60 bits per heavy atom. The van der Waals surface area contributed by atoms with E-state index in [1.54, 1.807) is 0 Å². The molecule has 0 radical (unpaired) electrons. The van der Waals surface area contributed by atoms with Crippen molar-refractivity contribution in [2.24, 2.45) is 5.92 Å². The third-order valence-electron chi connectivity index (χ3n) is 2.03. The molecule has 0 fully saturated rings. The van der Waals surface area contributed by atoms with Gasteiger partial charge in [0.15, 0.2) is 0 Å². The fourth-order valence-electron chi connectivity index (χ4n) is 1.33. The molecule has 0 nitrogen and oxygen atoms in total. The molecular weight excluding hydrogens is 120 g/mol. The second-order valence-corrected chi connectivity index (χ2v) is 3.29. The first kappa shape index (κ1) is 7.59. The Bertz CT molecular complexity index is 163. The summed E-state index contributed by atoms with van der Waals surface area (Å²) in [7, 11) is 0. The van der Waals surface area contributed by atoms with Crippen LogP contribution in [0.25, 0.3) is 0 Å². The second kappa shape index (κ2) is 3.05. The second-order valence-electron chi connectivity index (χ2n) is 3.29. The van der Waals surface area contributed by atoms with Crippen molar-refractivity contribution in [1.29, 1.82) is 0 Å². The van der Waals surface area contributed by atoms with Gasteiger partial charge in [0.05, 0.1) is 0 Å². The average Bonchev–Trinajstić information content (AvgIpc) is 2.47. The van der Waals surface area contributed by atoms with Crippen molar-refractivity contribution in [2.45, 2.75) is 33.1 Å². The highest BCUT2D eigenvalue weighted by molar-refractivity contribution is 5.55. The lowest BCUT2D eigenvalue weighted by Crippen LogP contribution is -1.91. The number of hydrogen-bond donors (Lipinski definition) is 0. The molecule has 10 heavy (non-hydrogen) atoms. The maximum atomic E-state index is 3.87. The van der Waals surface area contributed by atoms with Crippen molar-refractivity contribution < 1.29 is 0 Å². The van der Waals surface area contributed by atoms with E-state index in [4.69, 9.17) is 0 Å². The lowest BCUT2D eigenvalue weighted by Gasteiger charge is -2.05. The van der Waals surface area contributed by atoms with Crippen LogP contribution in [0.5, 0.6) is 0 Å². The molecule has 0 aromatic carbocycles. The van der Waals surface area contributed by atoms with Crippen LogP contribution < -0.4 is 0 Å². The van der Waals surface area contributed by atoms with Gasteiger partial charge in [-0.05, 0) is 23.5 Å². The lowest BCUT2D eigenvalue weighted by atomic mass is 10.0. The summed E-state index contributed by atoms with van der Waals surface area (Å²) in [4.78, 5) is 0. The normalized spacial score (nSPS) is 18.6. The van der Waals surface area contributed by atoms with Crippen LogP contribution in [-0.4, -0.2) is 0 Å². The molecule has 1 aliphatic carbocycles. The topological polar surface area (TPSA) is 0 Å². The van der Waals surface area contributed by atoms with Crippen LogP contribution in [0.3, 0.4) is 0 Å². The van der Waals surface area contributed by atoms with Crippen molar-refractivity contribution in [1.82, 2.24) is 0 Å². The monoisotopic (exact) mass is 136 g/mol. The summed E-state index contributed by atoms with van der Waals surface area (Å²) in [6.07, 6.45) is 6.10. The summed E-state index contributed by atoms with van der Waals surface area (Å²) in [6.45, 7) is 8.43. The van der Waals surface area contributed by atoms with Gasteiger partial charge in [-0.25, -0.2) is 0 Å². The molecule has 0 bridgehead atoms. The fraction of sp³-hybridized carbons (Fsp3) is 0.600. The molecule has 1 rings (SSSR count). The van der Waals surface area contributed by atoms with E-state index < -0.39 is 0 Å². The van der Waals surface area contributed by atoms with Crippen molar-refractivity contribution in [3.8, 4) is 0 Å². The van der Waals surface area contributed by atoms with Crippen LogP contribution >= 0.6 is 0 Å². The van der Waals surface area contributed by atoms with E-state index in [2.05, 4.69) is 26.5 Å². The first-order valence-electron chi connectivity index (χ1n) is 4.14. The summed E-state index contributed by atoms with van der Waals surface area (Å²) < 4.78 is 0. The van der Waals surface area contributed by atoms with E-state index >= 15 is 0 Å². The zero-order chi connectivity index (χ0) is 7.56. The molecule has 0 saturated carbocycles. The molecule has 0 spiro atoms. The Hall–Kier alpha value is -0.520. The van der Waals surface area contributed by atoms with Crippen molar-refractivity contribution in [3.05, 3.63) is 23.8 Å². The predicted octanol–water partition coefficient (Wildman–Crippen LogP) is 3.31. The Balaban J connectivity index is 2.13. The van der Waals surface area contributed by atoms with Gasteiger partial charge in [-0.1, -0.05) is 39.3 Å². The predicted molar refractivity (Wildman–Crippen MR) is 45.9 cm³/mol. The zero-order valence-electron chi connectivity index (χ0n) is 6.98. The molecule has 56 valence electrons. The van der Waals surface area contributed by atoms with Crippen molar-refractivity contribution >= 4 is 0 Å². The minimum Gasteiger partial charge on any atom is -0.0915 e. The van der Waals surface area contributed by atoms with Crippen LogP contribution in [0.4, 0.5) is 0 Å². The highest BCUT2D eigenvalue weighted by Crippen LogP contribution is 2.32. The molecule has 0 heteroatoms. The highest BCUT2D eigenvalue weighted by atomic mass is 14.2. The molecule has 0 aromatic rings. The minimum atomic E-state index is 0.857. The maximum absolute atomic E-state index is 3.87. The van der Waals surface area contributed by atoms with Gasteiger partial charge < -0.3 is 0 Å². The van der Waals surface area contributed by atoms with E-state index in [0.29, 0.717) is 0 Å². The van der Waals surface area contributed by atoms with Gasteiger partial charge >= 0.3 is 0 Å². The van der Waals surface area contributed by atoms with Gasteiger partial charge in [-0.2, -0.15) is 0 Å². The van der Waals surface area contributed by atoms with Crippen LogP contribution in [0.1, 0.15) is 33.1 Å². The molecule has 1 atom stereocenters. The van der Waals surface area contributed by atoms with E-state index in [0.717, 1.165) is 5.92 Å². The summed E-state index contributed by atoms with van der Waals surface area (Å²) in [5, 5.41) is 0. The van der Waals surface area contributed by atoms with E-state index in [1.807, 2.05) is 0 Å². The maximum Gasteiger partial charge on any atom is -0.0247 e. The molecule has 1 unspecified atom stereocenters. The first-order chi connectivity index (χ1) is 4.74. The average molecular weight is 136 g/mol. The van der Waals surface area contributed by atoms with Gasteiger partial charge in [0.1, 0.15) is 0 Å². The van der Waals surface area contributed by atoms with E-state index in [-0.39, 0.29) is 0 Å². The van der Waals surface area contributed by atoms with Crippen molar-refractivity contribution in [3.63, 3.8) is 0 Å². The highest BCUT2D eigenvalue weighted by Gasteiger charge is 2.15. The molecule has 0 amide bonds. The molecular formula is C10H16. The summed E-state index contributed by atoms with van der Waals surface area (Å²) in [5.74, 6) is 0.857. The van der Waals surface area contributed by atoms with E-state index in [9.17, 15) is 0 Å². The Kier molecular flexibility index (Phi) is 2.31. The smallest absolute Gasteiger partial charge is 0.0247 e. The molecule has 0 heterocycles. The number of allylic oxidation sites excluding steroid dienone is 3. The van der Waals surface area contributed by atoms with Crippen molar-refractivity contribution in [2.75, 3.05) is 0 Å². The quantitative estimate of drug-likeness (QED) is 0.556. The molecule has 1 aliphatic rings. The Morgan fingerprint density at radius 3 is 2.60 bits per heavy atom. The number of rotatable bonds is 4. The lowest BCUT2D eigenvalue weighted by molar-refractivity contribution is 0.528. The standard InChI is InChI=1S/C10H16/c1-4-5-8(2)6-10-7-9(10)3/h7-8H,3-6H2,1-2H3. The largest absolute Gasteiger partial charge is 0.0915 e. The van der Waals surface area contributed by atoms with Crippen LogP contribution in [0, 0.1) is 5.92 Å². The summed E-state index contributed by atoms with van der Waals surface area (Å²) in [5.41, 5.74) is 2.78. The number of hydrogen-bond acceptors (Lipinski definition) is 0. The van der Waals surface area contributed by atoms with E-state index in [1.165, 1.54) is 30.4 Å².